The number of phosphoric acid groups is 1. The Morgan fingerprint density at radius 3 is 1.50 bits per heavy atom. The van der Waals surface area contributed by atoms with E-state index in [1.54, 1.807) is 0 Å². The van der Waals surface area contributed by atoms with E-state index in [1.807, 2.05) is 0 Å². The van der Waals surface area contributed by atoms with Gasteiger partial charge in [0.2, 0.25) is 0 Å². The van der Waals surface area contributed by atoms with Gasteiger partial charge in [-0.3, -0.25) is 14.1 Å². The van der Waals surface area contributed by atoms with Gasteiger partial charge in [-0.25, -0.2) is 4.57 Å². The highest BCUT2D eigenvalue weighted by Gasteiger charge is 2.22. The molecule has 46 heavy (non-hydrogen) atoms. The third-order valence-corrected chi connectivity index (χ3v) is 7.84. The van der Waals surface area contributed by atoms with Crippen LogP contribution < -0.4 is 0 Å². The van der Waals surface area contributed by atoms with Crippen molar-refractivity contribution in [3.63, 3.8) is 0 Å². The molecule has 0 spiro atoms. The fourth-order valence-electron chi connectivity index (χ4n) is 4.65. The number of hydrogen-bond donors (Lipinski definition) is 2. The van der Waals surface area contributed by atoms with E-state index in [1.165, 1.54) is 64.2 Å². The summed E-state index contributed by atoms with van der Waals surface area (Å²) < 4.78 is 26.2. The normalized spacial score (nSPS) is 13.0. The second-order valence-corrected chi connectivity index (χ2v) is 13.1. The lowest BCUT2D eigenvalue weighted by molar-refractivity contribution is -0.161. The number of rotatable bonds is 32. The lowest BCUT2D eigenvalue weighted by Gasteiger charge is -2.18. The first-order valence-electron chi connectivity index (χ1n) is 17.9. The molecule has 2 N–H and O–H groups in total. The molecule has 0 aromatic rings. The molecule has 0 aliphatic heterocycles. The van der Waals surface area contributed by atoms with Crippen LogP contribution in [0.1, 0.15) is 155 Å². The molecule has 0 fully saturated rings. The third-order valence-electron chi connectivity index (χ3n) is 7.35. The summed E-state index contributed by atoms with van der Waals surface area (Å²) in [6.45, 7) is 3.58. The molecule has 0 rings (SSSR count). The maximum absolute atomic E-state index is 12.3. The summed E-state index contributed by atoms with van der Waals surface area (Å²) in [7, 11) is -4.75. The number of carbonyl (C=O) groups excluding carboxylic acids is 2. The summed E-state index contributed by atoms with van der Waals surface area (Å²) in [6.07, 6.45) is 38.4. The predicted molar refractivity (Wildman–Crippen MR) is 188 cm³/mol. The van der Waals surface area contributed by atoms with Crippen LogP contribution in [0.15, 0.2) is 48.6 Å². The summed E-state index contributed by atoms with van der Waals surface area (Å²) in [4.78, 5) is 42.5. The molecule has 0 aliphatic carbocycles. The van der Waals surface area contributed by atoms with Crippen LogP contribution in [-0.2, 0) is 28.2 Å². The van der Waals surface area contributed by atoms with Crippen LogP contribution in [0.3, 0.4) is 0 Å². The number of unbranched alkanes of at least 4 members (excludes halogenated alkanes) is 14. The molecule has 0 radical (unpaired) electrons. The standard InChI is InChI=1S/C37H65O8P/c1-3-5-7-9-11-13-14-15-16-17-18-19-20-21-22-24-26-28-30-32-37(39)45-35(34-44-46(40,41)42)33-43-36(38)31-29-27-25-23-12-10-8-6-4-2/h11,13,15-16,18-19,21-22,35H,3-10,12,14,17,20,23-34H2,1-2H3,(H2,40,41,42)/b13-11+,16-15+,19-18+,22-21+/t35-/m1/s1. The molecule has 0 aromatic heterocycles. The maximum atomic E-state index is 12.3. The lowest BCUT2D eigenvalue weighted by Crippen LogP contribution is -2.29. The van der Waals surface area contributed by atoms with Gasteiger partial charge in [-0.15, -0.1) is 0 Å². The zero-order valence-electron chi connectivity index (χ0n) is 29.0. The third kappa shape index (κ3) is 34.9. The molecule has 0 aliphatic rings. The fourth-order valence-corrected chi connectivity index (χ4v) is 5.01. The molecular formula is C37H65O8P. The van der Waals surface area contributed by atoms with Crippen LogP contribution in [-0.4, -0.2) is 41.0 Å². The van der Waals surface area contributed by atoms with E-state index in [9.17, 15) is 14.2 Å². The van der Waals surface area contributed by atoms with Crippen LogP contribution in [0.25, 0.3) is 0 Å². The summed E-state index contributed by atoms with van der Waals surface area (Å²) in [5.74, 6) is -0.927. The van der Waals surface area contributed by atoms with Gasteiger partial charge in [-0.2, -0.15) is 0 Å². The molecule has 0 aromatic carbocycles. The minimum atomic E-state index is -4.75. The molecule has 0 amide bonds. The van der Waals surface area contributed by atoms with Crippen molar-refractivity contribution in [1.29, 1.82) is 0 Å². The highest BCUT2D eigenvalue weighted by molar-refractivity contribution is 7.46. The summed E-state index contributed by atoms with van der Waals surface area (Å²) in [5.41, 5.74) is 0. The topological polar surface area (TPSA) is 119 Å². The van der Waals surface area contributed by atoms with Crippen LogP contribution in [0.4, 0.5) is 0 Å². The Morgan fingerprint density at radius 1 is 0.565 bits per heavy atom. The number of allylic oxidation sites excluding steroid dienone is 8. The van der Waals surface area contributed by atoms with Gasteiger partial charge >= 0.3 is 19.8 Å². The Bertz CT molecular complexity index is 890. The van der Waals surface area contributed by atoms with Crippen molar-refractivity contribution in [2.45, 2.75) is 161 Å². The lowest BCUT2D eigenvalue weighted by atomic mass is 10.1. The SMILES string of the molecule is CCCCC/C=C/C/C=C/C/C=C/C/C=C/CCCCCC(=O)O[C@H](COC(=O)CCCCCCCCCCC)COP(=O)(O)O. The van der Waals surface area contributed by atoms with E-state index in [4.69, 9.17) is 19.3 Å². The molecule has 0 saturated heterocycles. The van der Waals surface area contributed by atoms with Gasteiger partial charge in [0.05, 0.1) is 6.61 Å². The number of hydrogen-bond acceptors (Lipinski definition) is 6. The van der Waals surface area contributed by atoms with Crippen molar-refractivity contribution < 1.29 is 37.9 Å². The zero-order valence-corrected chi connectivity index (χ0v) is 29.9. The average molecular weight is 669 g/mol. The van der Waals surface area contributed by atoms with E-state index in [0.717, 1.165) is 57.8 Å². The Hall–Kier alpha value is -1.99. The number of ether oxygens (including phenoxy) is 2. The Kier molecular flexibility index (Phi) is 31.5. The van der Waals surface area contributed by atoms with E-state index in [0.29, 0.717) is 6.42 Å². The highest BCUT2D eigenvalue weighted by Crippen LogP contribution is 2.35. The van der Waals surface area contributed by atoms with Gasteiger partial charge in [-0.1, -0.05) is 133 Å². The molecule has 0 saturated carbocycles. The van der Waals surface area contributed by atoms with E-state index >= 15 is 0 Å². The summed E-state index contributed by atoms with van der Waals surface area (Å²) in [5, 5.41) is 0. The fraction of sp³-hybridized carbons (Fsp3) is 0.730. The predicted octanol–water partition coefficient (Wildman–Crippen LogP) is 10.4. The van der Waals surface area contributed by atoms with Crippen LogP contribution in [0.2, 0.25) is 0 Å². The van der Waals surface area contributed by atoms with Gasteiger partial charge in [0.25, 0.3) is 0 Å². The van der Waals surface area contributed by atoms with Crippen molar-refractivity contribution in [2.75, 3.05) is 13.2 Å². The van der Waals surface area contributed by atoms with Crippen molar-refractivity contribution >= 4 is 19.8 Å². The van der Waals surface area contributed by atoms with Gasteiger partial charge in [0.1, 0.15) is 6.61 Å². The summed E-state index contributed by atoms with van der Waals surface area (Å²) in [6, 6.07) is 0. The number of carbonyl (C=O) groups is 2. The molecule has 0 bridgehead atoms. The maximum Gasteiger partial charge on any atom is 0.469 e. The Morgan fingerprint density at radius 2 is 0.978 bits per heavy atom. The van der Waals surface area contributed by atoms with Crippen LogP contribution in [0, 0.1) is 0 Å². The Labute approximate surface area is 280 Å². The molecule has 9 heteroatoms. The quantitative estimate of drug-likeness (QED) is 0.0315. The van der Waals surface area contributed by atoms with Gasteiger partial charge in [-0.05, 0) is 57.8 Å². The first-order valence-corrected chi connectivity index (χ1v) is 19.5. The van der Waals surface area contributed by atoms with Crippen molar-refractivity contribution in [2.24, 2.45) is 0 Å². The van der Waals surface area contributed by atoms with Crippen molar-refractivity contribution in [1.82, 2.24) is 0 Å². The molecular weight excluding hydrogens is 603 g/mol. The largest absolute Gasteiger partial charge is 0.469 e. The van der Waals surface area contributed by atoms with Gasteiger partial charge in [0.15, 0.2) is 6.10 Å². The van der Waals surface area contributed by atoms with Crippen LogP contribution >= 0.6 is 7.82 Å². The number of esters is 2. The van der Waals surface area contributed by atoms with E-state index in [-0.39, 0.29) is 19.4 Å². The number of phosphoric ester groups is 1. The van der Waals surface area contributed by atoms with Crippen molar-refractivity contribution in [3.05, 3.63) is 48.6 Å². The Balaban J connectivity index is 4.06. The first kappa shape index (κ1) is 44.0. The molecule has 266 valence electrons. The first-order chi connectivity index (χ1) is 22.3. The van der Waals surface area contributed by atoms with Crippen molar-refractivity contribution in [3.8, 4) is 0 Å². The van der Waals surface area contributed by atoms with Crippen LogP contribution in [0.5, 0.6) is 0 Å². The van der Waals surface area contributed by atoms with E-state index in [2.05, 4.69) is 67.0 Å². The van der Waals surface area contributed by atoms with Gasteiger partial charge < -0.3 is 19.3 Å². The minimum absolute atomic E-state index is 0.174. The second-order valence-electron chi connectivity index (χ2n) is 11.8. The monoisotopic (exact) mass is 668 g/mol. The average Bonchev–Trinajstić information content (AvgIpc) is 3.02. The van der Waals surface area contributed by atoms with Gasteiger partial charge in [0, 0.05) is 12.8 Å². The molecule has 1 atom stereocenters. The minimum Gasteiger partial charge on any atom is -0.462 e. The smallest absolute Gasteiger partial charge is 0.462 e. The molecule has 0 unspecified atom stereocenters. The van der Waals surface area contributed by atoms with E-state index < -0.39 is 32.5 Å². The zero-order chi connectivity index (χ0) is 34.0. The second kappa shape index (κ2) is 32.9. The highest BCUT2D eigenvalue weighted by atomic mass is 31.2. The molecule has 0 heterocycles. The molecule has 8 nitrogen and oxygen atoms in total. The summed E-state index contributed by atoms with van der Waals surface area (Å²) >= 11 is 0.